The van der Waals surface area contributed by atoms with Gasteiger partial charge in [0.25, 0.3) is 0 Å². The van der Waals surface area contributed by atoms with Gasteiger partial charge < -0.3 is 52.2 Å². The van der Waals surface area contributed by atoms with E-state index in [9.17, 15) is 28.8 Å². The van der Waals surface area contributed by atoms with E-state index in [1.54, 1.807) is 48.5 Å². The van der Waals surface area contributed by atoms with Crippen LogP contribution in [0, 0.1) is 11.8 Å². The minimum Gasteiger partial charge on any atom is -1.00 e. The number of halogens is 2. The van der Waals surface area contributed by atoms with E-state index in [4.69, 9.17) is 9.47 Å². The first-order valence-electron chi connectivity index (χ1n) is 26.4. The molecule has 79 heavy (non-hydrogen) atoms. The Hall–Kier alpha value is -6.98. The van der Waals surface area contributed by atoms with Gasteiger partial charge in [0, 0.05) is 73.0 Å². The number of piperidine rings is 6. The number of amides is 2. The molecule has 4 atom stereocenters. The van der Waals surface area contributed by atoms with Gasteiger partial charge in [-0.1, -0.05) is 120 Å². The van der Waals surface area contributed by atoms with Crippen molar-refractivity contribution in [3.8, 4) is 0 Å². The summed E-state index contributed by atoms with van der Waals surface area (Å²) in [6, 6.07) is 51.7. The first-order valence-corrected chi connectivity index (χ1v) is 27.5. The number of nitrogens with one attached hydrogen (secondary N) is 4. The molecule has 6 heterocycles. The number of ether oxygens (including phenoxy) is 2. The van der Waals surface area contributed by atoms with E-state index in [1.165, 1.54) is 13.8 Å². The van der Waals surface area contributed by atoms with Crippen LogP contribution in [-0.2, 0) is 28.7 Å². The normalized spacial score (nSPS) is 20.9. The molecule has 4 bridgehead atoms. The van der Waals surface area contributed by atoms with Gasteiger partial charge in [-0.3, -0.25) is 24.1 Å². The smallest absolute Gasteiger partial charge is 0.333 e. The van der Waals surface area contributed by atoms with Crippen LogP contribution in [0.15, 0.2) is 170 Å². The zero-order chi connectivity index (χ0) is 54.2. The first-order chi connectivity index (χ1) is 37.3. The molecule has 2 amide bonds. The van der Waals surface area contributed by atoms with E-state index in [2.05, 4.69) is 42.1 Å². The Balaban J connectivity index is 0.000000211. The molecule has 6 saturated heterocycles. The summed E-state index contributed by atoms with van der Waals surface area (Å²) in [5, 5.41) is 12.4. The summed E-state index contributed by atoms with van der Waals surface area (Å²) in [5.74, 6) is 0.182. The van der Waals surface area contributed by atoms with Gasteiger partial charge in [0.15, 0.2) is 24.0 Å². The lowest BCUT2D eigenvalue weighted by Gasteiger charge is -2.51. The summed E-state index contributed by atoms with van der Waals surface area (Å²) in [6.07, 6.45) is 3.96. The number of anilines is 4. The SMILES string of the molecule is C.CC(=O)Nc1ccc(C(=O)CBr)cc1.CC(=O)Nc1ccc(C(=O)C[N+]23CCC(CC2)[C@@H](OC(=O)[C@H](Nc2ccccc2)c2ccccc2)C3)cc1.O=C(O[C@H]1CN2CCC1CC2)[C@H](Nc1ccccc1)c1ccccc1.[Br-]. The monoisotopic (exact) mass is 1200 g/mol. The largest absolute Gasteiger partial charge is 1.00 e. The summed E-state index contributed by atoms with van der Waals surface area (Å²) in [7, 11) is 0. The van der Waals surface area contributed by atoms with Crippen molar-refractivity contribution in [1.82, 2.24) is 4.90 Å². The first kappa shape index (κ1) is 61.2. The number of alkyl halides is 1. The van der Waals surface area contributed by atoms with Crippen molar-refractivity contribution in [2.45, 2.75) is 71.2 Å². The highest BCUT2D eigenvalue weighted by Crippen LogP contribution is 2.37. The van der Waals surface area contributed by atoms with Crippen LogP contribution in [0.4, 0.5) is 22.7 Å². The molecular formula is C63H72Br2N6O8. The third-order valence-corrected chi connectivity index (χ3v) is 15.2. The molecule has 6 aliphatic rings. The van der Waals surface area contributed by atoms with E-state index in [1.807, 2.05) is 121 Å². The number of carbonyl (C=O) groups excluding carboxylic acids is 6. The van der Waals surface area contributed by atoms with Gasteiger partial charge in [-0.15, -0.1) is 0 Å². The second-order valence-electron chi connectivity index (χ2n) is 20.3. The molecule has 4 N–H and O–H groups in total. The minimum absolute atomic E-state index is 0. The Bertz CT molecular complexity index is 2910. The Labute approximate surface area is 483 Å². The summed E-state index contributed by atoms with van der Waals surface area (Å²) >= 11 is 3.09. The highest BCUT2D eigenvalue weighted by Gasteiger charge is 2.49. The van der Waals surface area contributed by atoms with Crippen LogP contribution < -0.4 is 38.2 Å². The number of hydrogen-bond donors (Lipinski definition) is 4. The van der Waals surface area contributed by atoms with Crippen LogP contribution >= 0.6 is 15.9 Å². The molecule has 6 aromatic carbocycles. The van der Waals surface area contributed by atoms with E-state index < -0.39 is 12.1 Å². The molecule has 416 valence electrons. The summed E-state index contributed by atoms with van der Waals surface area (Å²) in [6.45, 7) is 8.92. The van der Waals surface area contributed by atoms with E-state index in [0.29, 0.717) is 57.2 Å². The number of esters is 2. The molecule has 6 aromatic rings. The molecule has 6 aliphatic heterocycles. The number of ketones is 2. The van der Waals surface area contributed by atoms with Gasteiger partial charge >= 0.3 is 11.9 Å². The third-order valence-electron chi connectivity index (χ3n) is 14.7. The lowest BCUT2D eigenvalue weighted by molar-refractivity contribution is -0.938. The maximum atomic E-state index is 13.6. The van der Waals surface area contributed by atoms with Crippen molar-refractivity contribution in [2.24, 2.45) is 11.8 Å². The summed E-state index contributed by atoms with van der Waals surface area (Å²) < 4.78 is 12.8. The van der Waals surface area contributed by atoms with Crippen LogP contribution in [0.2, 0.25) is 0 Å². The fourth-order valence-corrected chi connectivity index (χ4v) is 11.0. The number of fused-ring (bicyclic) bond motifs is 6. The summed E-state index contributed by atoms with van der Waals surface area (Å²) in [5.41, 5.74) is 6.18. The second kappa shape index (κ2) is 29.8. The molecule has 14 nitrogen and oxygen atoms in total. The fraction of sp³-hybridized carbons (Fsp3) is 0.333. The van der Waals surface area contributed by atoms with Crippen LogP contribution in [0.3, 0.4) is 0 Å². The Morgan fingerprint density at radius 2 is 0.924 bits per heavy atom. The number of carbonyl (C=O) groups is 6. The van der Waals surface area contributed by atoms with Crippen molar-refractivity contribution in [3.05, 3.63) is 192 Å². The van der Waals surface area contributed by atoms with Crippen LogP contribution in [-0.4, -0.2) is 108 Å². The number of benzene rings is 6. The molecule has 0 unspecified atom stereocenters. The number of nitrogens with zero attached hydrogens (tertiary/aromatic N) is 2. The molecule has 12 rings (SSSR count). The van der Waals surface area contributed by atoms with E-state index >= 15 is 0 Å². The maximum Gasteiger partial charge on any atom is 0.333 e. The summed E-state index contributed by atoms with van der Waals surface area (Å²) in [4.78, 5) is 75.4. The van der Waals surface area contributed by atoms with Gasteiger partial charge in [-0.05, 0) is 116 Å². The van der Waals surface area contributed by atoms with Crippen LogP contribution in [0.5, 0.6) is 0 Å². The molecular weight excluding hydrogens is 1130 g/mol. The van der Waals surface area contributed by atoms with Crippen LogP contribution in [0.25, 0.3) is 0 Å². The predicted molar refractivity (Wildman–Crippen MR) is 311 cm³/mol. The maximum absolute atomic E-state index is 13.6. The van der Waals surface area contributed by atoms with Gasteiger partial charge in [-0.25, -0.2) is 9.59 Å². The minimum atomic E-state index is -0.619. The third kappa shape index (κ3) is 17.5. The van der Waals surface area contributed by atoms with Crippen molar-refractivity contribution in [2.75, 3.05) is 72.4 Å². The number of para-hydroxylation sites is 2. The average Bonchev–Trinajstić information content (AvgIpc) is 3.52. The Morgan fingerprint density at radius 3 is 1.32 bits per heavy atom. The van der Waals surface area contributed by atoms with Gasteiger partial charge in [0.05, 0.1) is 18.4 Å². The number of rotatable bonds is 17. The molecule has 0 spiro atoms. The van der Waals surface area contributed by atoms with Crippen LogP contribution in [0.1, 0.15) is 90.9 Å². The van der Waals surface area contributed by atoms with Crippen molar-refractivity contribution in [1.29, 1.82) is 0 Å². The lowest BCUT2D eigenvalue weighted by Crippen LogP contribution is -3.00. The van der Waals surface area contributed by atoms with Crippen molar-refractivity contribution < 1.29 is 59.7 Å². The van der Waals surface area contributed by atoms with Gasteiger partial charge in [0.2, 0.25) is 17.6 Å². The second-order valence-corrected chi connectivity index (χ2v) is 20.8. The number of Topliss-reactive ketones (excluding diaryl/α,β-unsaturated/α-hetero) is 2. The Morgan fingerprint density at radius 1 is 0.532 bits per heavy atom. The van der Waals surface area contributed by atoms with Gasteiger partial charge in [0.1, 0.15) is 19.2 Å². The lowest BCUT2D eigenvalue weighted by atomic mass is 9.82. The molecule has 0 radical (unpaired) electrons. The fourth-order valence-electron chi connectivity index (χ4n) is 10.7. The highest BCUT2D eigenvalue weighted by atomic mass is 79.9. The molecule has 0 aliphatic carbocycles. The molecule has 0 aromatic heterocycles. The predicted octanol–water partition coefficient (Wildman–Crippen LogP) is 8.17. The molecule has 6 fully saturated rings. The standard InChI is InChI=1S/C31H33N3O4.C21H24N2O2.C10H10BrNO2.CH4.BrH/c1-22(35)32-27-14-12-23(13-15-27)28(36)20-34-18-16-24(17-19-34)29(21-34)38-31(37)30(25-8-4-2-5-9-25)33-26-10-6-3-7-11-26;24-21(25-19-15-23-13-11-16(19)12-14-23)20(17-7-3-1-4-8-17)22-18-9-5-2-6-10-18;1-7(13)12-9-4-2-8(3-5-9)10(14)6-11;;/h2-15,24,29-30,33H,16-21H2,1H3;1-10,16,19-20,22H,11-15H2;2-5H,6H2,1H3,(H,12,13);1H4;1H/t24?,29-,30+,34?;19-,20+;;;/m00.../s1. The Kier molecular flexibility index (Phi) is 23.1. The molecule has 16 heteroatoms. The van der Waals surface area contributed by atoms with Crippen molar-refractivity contribution >= 4 is 74.0 Å². The van der Waals surface area contributed by atoms with Crippen molar-refractivity contribution in [3.63, 3.8) is 0 Å². The zero-order valence-corrected chi connectivity index (χ0v) is 47.2. The average molecular weight is 1200 g/mol. The molecule has 0 saturated carbocycles. The van der Waals surface area contributed by atoms with E-state index in [-0.39, 0.29) is 71.9 Å². The number of hydrogen-bond acceptors (Lipinski definition) is 11. The van der Waals surface area contributed by atoms with E-state index in [0.717, 1.165) is 80.9 Å². The highest BCUT2D eigenvalue weighted by molar-refractivity contribution is 9.09. The zero-order valence-electron chi connectivity index (χ0n) is 44.0. The topological polar surface area (TPSA) is 172 Å². The van der Waals surface area contributed by atoms with Gasteiger partial charge in [-0.2, -0.15) is 0 Å². The quantitative estimate of drug-likeness (QED) is 0.0301. The number of quaternary nitrogens is 1.